The van der Waals surface area contributed by atoms with Crippen LogP contribution in [0.25, 0.3) is 32.8 Å². The van der Waals surface area contributed by atoms with E-state index in [1.54, 1.807) is 29.5 Å². The first-order valence-electron chi connectivity index (χ1n) is 11.8. The van der Waals surface area contributed by atoms with Crippen LogP contribution in [-0.4, -0.2) is 64.2 Å². The molecule has 1 aliphatic heterocycles. The molecule has 0 spiro atoms. The number of para-hydroxylation sites is 2. The molecule has 5 aromatic rings. The minimum absolute atomic E-state index is 0.195. The van der Waals surface area contributed by atoms with Gasteiger partial charge >= 0.3 is 6.18 Å². The number of nitrogens with zero attached hydrogens (tertiary/aromatic N) is 4. The summed E-state index contributed by atoms with van der Waals surface area (Å²) in [4.78, 5) is 20.1. The summed E-state index contributed by atoms with van der Waals surface area (Å²) >= 11 is 5.16. The quantitative estimate of drug-likeness (QED) is 0.248. The van der Waals surface area contributed by atoms with Crippen molar-refractivity contribution in [3.63, 3.8) is 0 Å². The number of aromatic nitrogens is 4. The van der Waals surface area contributed by atoms with Crippen molar-refractivity contribution in [2.45, 2.75) is 6.18 Å². The summed E-state index contributed by atoms with van der Waals surface area (Å²) in [6.45, 7) is 4.41. The third-order valence-corrected chi connectivity index (χ3v) is 8.05. The molecule has 1 aliphatic rings. The molecule has 2 aromatic carbocycles. The van der Waals surface area contributed by atoms with Crippen molar-refractivity contribution < 1.29 is 17.9 Å². The number of thiophene rings is 1. The number of rotatable bonds is 6. The lowest BCUT2D eigenvalue weighted by atomic mass is 10.2. The number of halogens is 4. The van der Waals surface area contributed by atoms with Crippen molar-refractivity contribution in [2.75, 3.05) is 44.2 Å². The molecule has 0 radical (unpaired) electrons. The SMILES string of the molecule is FC(F)(F)c1nc2c(OCCN3CCN(c4cccc5[nH]c(-c6ccc(Br)s6)nc45)CC3)cccc2[nH]1. The minimum Gasteiger partial charge on any atom is -0.490 e. The molecule has 1 fully saturated rings. The number of imidazole rings is 2. The lowest BCUT2D eigenvalue weighted by Gasteiger charge is -2.36. The van der Waals surface area contributed by atoms with Gasteiger partial charge in [0, 0.05) is 32.7 Å². The van der Waals surface area contributed by atoms with Gasteiger partial charge in [0.05, 0.1) is 25.4 Å². The van der Waals surface area contributed by atoms with E-state index in [1.165, 1.54) is 0 Å². The largest absolute Gasteiger partial charge is 0.490 e. The van der Waals surface area contributed by atoms with Crippen LogP contribution in [0.3, 0.4) is 0 Å². The first kappa shape index (κ1) is 24.3. The number of nitrogens with one attached hydrogen (secondary N) is 2. The second-order valence-electron chi connectivity index (χ2n) is 8.78. The molecule has 0 bridgehead atoms. The van der Waals surface area contributed by atoms with Crippen molar-refractivity contribution in [3.8, 4) is 16.5 Å². The number of H-pyrrole nitrogens is 2. The van der Waals surface area contributed by atoms with E-state index < -0.39 is 12.0 Å². The predicted octanol–water partition coefficient (Wildman–Crippen LogP) is 6.15. The van der Waals surface area contributed by atoms with Gasteiger partial charge in [-0.2, -0.15) is 13.2 Å². The molecule has 2 N–H and O–H groups in total. The minimum atomic E-state index is -4.53. The van der Waals surface area contributed by atoms with Gasteiger partial charge < -0.3 is 19.6 Å². The van der Waals surface area contributed by atoms with E-state index in [0.717, 1.165) is 57.4 Å². The summed E-state index contributed by atoms with van der Waals surface area (Å²) in [5, 5.41) is 0. The Morgan fingerprint density at radius 2 is 1.68 bits per heavy atom. The van der Waals surface area contributed by atoms with Crippen LogP contribution >= 0.6 is 27.3 Å². The van der Waals surface area contributed by atoms with Crippen molar-refractivity contribution in [1.29, 1.82) is 0 Å². The topological polar surface area (TPSA) is 73.1 Å². The van der Waals surface area contributed by atoms with E-state index in [1.807, 2.05) is 18.2 Å². The van der Waals surface area contributed by atoms with Gasteiger partial charge in [-0.15, -0.1) is 11.3 Å². The van der Waals surface area contributed by atoms with Gasteiger partial charge in [0.1, 0.15) is 29.2 Å². The van der Waals surface area contributed by atoms with Gasteiger partial charge in [-0.1, -0.05) is 12.1 Å². The maximum Gasteiger partial charge on any atom is 0.449 e. The van der Waals surface area contributed by atoms with Crippen LogP contribution in [0.4, 0.5) is 18.9 Å². The molecule has 1 saturated heterocycles. The fraction of sp³-hybridized carbons (Fsp3) is 0.280. The van der Waals surface area contributed by atoms with Crippen LogP contribution in [0.2, 0.25) is 0 Å². The summed E-state index contributed by atoms with van der Waals surface area (Å²) in [5.41, 5.74) is 3.58. The van der Waals surface area contributed by atoms with Crippen molar-refractivity contribution in [3.05, 3.63) is 58.1 Å². The summed E-state index contributed by atoms with van der Waals surface area (Å²) in [7, 11) is 0. The highest BCUT2D eigenvalue weighted by atomic mass is 79.9. The monoisotopic (exact) mass is 590 g/mol. The maximum atomic E-state index is 13.0. The number of anilines is 1. The summed E-state index contributed by atoms with van der Waals surface area (Å²) in [6.07, 6.45) is -4.53. The normalized spacial score (nSPS) is 15.2. The van der Waals surface area contributed by atoms with Gasteiger partial charge in [0.15, 0.2) is 0 Å². The average Bonchev–Trinajstić information content (AvgIpc) is 3.62. The second kappa shape index (κ2) is 9.66. The Bertz CT molecular complexity index is 1550. The molecular formula is C25H22BrF3N6OS. The fourth-order valence-corrected chi connectivity index (χ4v) is 5.92. The van der Waals surface area contributed by atoms with Gasteiger partial charge in [-0.05, 0) is 52.3 Å². The number of benzene rings is 2. The second-order valence-corrected chi connectivity index (χ2v) is 11.2. The molecule has 7 nitrogen and oxygen atoms in total. The molecule has 6 rings (SSSR count). The molecule has 0 unspecified atom stereocenters. The molecule has 0 aliphatic carbocycles. The lowest BCUT2D eigenvalue weighted by molar-refractivity contribution is -0.144. The Kier molecular flexibility index (Phi) is 6.33. The first-order valence-corrected chi connectivity index (χ1v) is 13.4. The highest BCUT2D eigenvalue weighted by Crippen LogP contribution is 2.34. The Morgan fingerprint density at radius 1 is 0.919 bits per heavy atom. The smallest absolute Gasteiger partial charge is 0.449 e. The summed E-state index contributed by atoms with van der Waals surface area (Å²) < 4.78 is 46.0. The van der Waals surface area contributed by atoms with Crippen LogP contribution < -0.4 is 9.64 Å². The zero-order valence-electron chi connectivity index (χ0n) is 19.5. The lowest BCUT2D eigenvalue weighted by Crippen LogP contribution is -2.47. The van der Waals surface area contributed by atoms with E-state index >= 15 is 0 Å². The Balaban J connectivity index is 1.08. The van der Waals surface area contributed by atoms with Crippen LogP contribution in [0, 0.1) is 0 Å². The molecule has 4 heterocycles. The Labute approximate surface area is 222 Å². The van der Waals surface area contributed by atoms with Crippen molar-refractivity contribution in [1.82, 2.24) is 24.8 Å². The Hall–Kier alpha value is -3.09. The summed E-state index contributed by atoms with van der Waals surface area (Å²) in [6, 6.07) is 15.1. The number of fused-ring (bicyclic) bond motifs is 2. The summed E-state index contributed by atoms with van der Waals surface area (Å²) in [5.74, 6) is 0.196. The number of hydrogen-bond acceptors (Lipinski definition) is 6. The standard InChI is InChI=1S/C25H22BrF3N6OS/c26-20-8-7-19(37-20)23-30-15-3-1-5-17(21(15)32-23)35-11-9-34(10-12-35)13-14-36-18-6-2-4-16-22(18)33-24(31-16)25(27,28)29/h1-8H,9-14H2,(H,30,32)(H,31,33). The van der Waals surface area contributed by atoms with Crippen molar-refractivity contribution in [2.24, 2.45) is 0 Å². The van der Waals surface area contributed by atoms with E-state index in [4.69, 9.17) is 9.72 Å². The number of aromatic amines is 2. The average molecular weight is 591 g/mol. The fourth-order valence-electron chi connectivity index (χ4n) is 4.58. The van der Waals surface area contributed by atoms with E-state index in [9.17, 15) is 13.2 Å². The molecule has 0 amide bonds. The number of ether oxygens (including phenoxy) is 1. The number of alkyl halides is 3. The van der Waals surface area contributed by atoms with Crippen LogP contribution in [-0.2, 0) is 6.18 Å². The molecule has 12 heteroatoms. The zero-order chi connectivity index (χ0) is 25.6. The molecule has 0 atom stereocenters. The van der Waals surface area contributed by atoms with Crippen LogP contribution in [0.5, 0.6) is 5.75 Å². The van der Waals surface area contributed by atoms with Crippen LogP contribution in [0.15, 0.2) is 52.3 Å². The first-order chi connectivity index (χ1) is 17.8. The number of hydrogen-bond donors (Lipinski definition) is 2. The third kappa shape index (κ3) is 4.92. The van der Waals surface area contributed by atoms with Gasteiger partial charge in [0.25, 0.3) is 0 Å². The highest BCUT2D eigenvalue weighted by molar-refractivity contribution is 9.11. The van der Waals surface area contributed by atoms with E-state index in [0.29, 0.717) is 24.4 Å². The van der Waals surface area contributed by atoms with Crippen LogP contribution in [0.1, 0.15) is 5.82 Å². The molecule has 37 heavy (non-hydrogen) atoms. The maximum absolute atomic E-state index is 13.0. The van der Waals surface area contributed by atoms with E-state index in [2.05, 4.69) is 52.8 Å². The molecular weight excluding hydrogens is 569 g/mol. The number of piperazine rings is 1. The van der Waals surface area contributed by atoms with Gasteiger partial charge in [-0.25, -0.2) is 9.97 Å². The van der Waals surface area contributed by atoms with Crippen molar-refractivity contribution >= 4 is 55.0 Å². The Morgan fingerprint density at radius 3 is 2.41 bits per heavy atom. The zero-order valence-corrected chi connectivity index (χ0v) is 21.9. The molecule has 192 valence electrons. The molecule has 3 aromatic heterocycles. The van der Waals surface area contributed by atoms with Gasteiger partial charge in [-0.3, -0.25) is 4.90 Å². The van der Waals surface area contributed by atoms with Gasteiger partial charge in [0.2, 0.25) is 5.82 Å². The third-order valence-electron chi connectivity index (χ3n) is 6.42. The van der Waals surface area contributed by atoms with E-state index in [-0.39, 0.29) is 5.52 Å². The highest BCUT2D eigenvalue weighted by Gasteiger charge is 2.35. The molecule has 0 saturated carbocycles. The predicted molar refractivity (Wildman–Crippen MR) is 142 cm³/mol.